The summed E-state index contributed by atoms with van der Waals surface area (Å²) in [5.74, 6) is -0.416. The molecule has 0 atom stereocenters. The lowest BCUT2D eigenvalue weighted by molar-refractivity contribution is 0.412. The molecule has 2 aromatic carbocycles. The summed E-state index contributed by atoms with van der Waals surface area (Å²) in [6.07, 6.45) is 0. The number of aryl methyl sites for hydroxylation is 1. The minimum absolute atomic E-state index is 0.391. The molecule has 4 heteroatoms. The molecule has 0 N–H and O–H groups in total. The SMILES string of the molecule is COc1ccc(-c2c(F)cc(F)cc2N(C)C)cc1C. The molecule has 0 saturated carbocycles. The van der Waals surface area contributed by atoms with Crippen LogP contribution in [-0.4, -0.2) is 21.2 Å². The van der Waals surface area contributed by atoms with E-state index < -0.39 is 11.6 Å². The van der Waals surface area contributed by atoms with E-state index in [2.05, 4.69) is 0 Å². The van der Waals surface area contributed by atoms with Crippen molar-refractivity contribution in [2.24, 2.45) is 0 Å². The molecule has 0 fully saturated rings. The number of nitrogens with zero attached hydrogens (tertiary/aromatic N) is 1. The largest absolute Gasteiger partial charge is 0.496 e. The summed E-state index contributed by atoms with van der Waals surface area (Å²) in [5.41, 5.74) is 2.50. The van der Waals surface area contributed by atoms with E-state index in [1.165, 1.54) is 6.07 Å². The Bertz CT molecular complexity index is 639. The van der Waals surface area contributed by atoms with Crippen LogP contribution in [0.15, 0.2) is 30.3 Å². The summed E-state index contributed by atoms with van der Waals surface area (Å²) in [6.45, 7) is 1.89. The molecule has 0 heterocycles. The van der Waals surface area contributed by atoms with E-state index in [9.17, 15) is 8.78 Å². The smallest absolute Gasteiger partial charge is 0.136 e. The average molecular weight is 277 g/mol. The van der Waals surface area contributed by atoms with Gasteiger partial charge in [0.05, 0.1) is 7.11 Å². The third-order valence-corrected chi connectivity index (χ3v) is 3.20. The Morgan fingerprint density at radius 2 is 1.75 bits per heavy atom. The molecule has 0 aromatic heterocycles. The summed E-state index contributed by atoms with van der Waals surface area (Å²) >= 11 is 0. The first kappa shape index (κ1) is 14.3. The fraction of sp³-hybridized carbons (Fsp3) is 0.250. The van der Waals surface area contributed by atoms with Gasteiger partial charge in [0.25, 0.3) is 0 Å². The molecule has 2 rings (SSSR count). The van der Waals surface area contributed by atoms with Gasteiger partial charge in [0, 0.05) is 31.4 Å². The van der Waals surface area contributed by atoms with Crippen LogP contribution in [0.4, 0.5) is 14.5 Å². The van der Waals surface area contributed by atoms with Gasteiger partial charge in [-0.2, -0.15) is 0 Å². The lowest BCUT2D eigenvalue weighted by atomic mass is 10.00. The molecule has 0 radical (unpaired) electrons. The number of hydrogen-bond donors (Lipinski definition) is 0. The van der Waals surface area contributed by atoms with Gasteiger partial charge in [-0.05, 0) is 36.2 Å². The van der Waals surface area contributed by atoms with Gasteiger partial charge in [0.15, 0.2) is 0 Å². The van der Waals surface area contributed by atoms with Crippen molar-refractivity contribution in [1.29, 1.82) is 0 Å². The van der Waals surface area contributed by atoms with Crippen LogP contribution in [0.1, 0.15) is 5.56 Å². The van der Waals surface area contributed by atoms with Gasteiger partial charge in [0.1, 0.15) is 17.4 Å². The molecule has 0 spiro atoms. The summed E-state index contributed by atoms with van der Waals surface area (Å²) in [7, 11) is 5.11. The number of benzene rings is 2. The predicted octanol–water partition coefficient (Wildman–Crippen LogP) is 4.01. The van der Waals surface area contributed by atoms with Gasteiger partial charge in [-0.25, -0.2) is 8.78 Å². The third-order valence-electron chi connectivity index (χ3n) is 3.20. The van der Waals surface area contributed by atoms with Crippen molar-refractivity contribution in [3.8, 4) is 16.9 Å². The van der Waals surface area contributed by atoms with Gasteiger partial charge in [-0.15, -0.1) is 0 Å². The number of methoxy groups -OCH3 is 1. The van der Waals surface area contributed by atoms with Crippen LogP contribution in [-0.2, 0) is 0 Å². The maximum absolute atomic E-state index is 14.2. The highest BCUT2D eigenvalue weighted by molar-refractivity contribution is 5.79. The van der Waals surface area contributed by atoms with E-state index >= 15 is 0 Å². The predicted molar refractivity (Wildman–Crippen MR) is 77.4 cm³/mol. The van der Waals surface area contributed by atoms with E-state index in [1.54, 1.807) is 38.2 Å². The quantitative estimate of drug-likeness (QED) is 0.840. The minimum atomic E-state index is -0.583. The van der Waals surface area contributed by atoms with Gasteiger partial charge in [-0.3, -0.25) is 0 Å². The van der Waals surface area contributed by atoms with Crippen molar-refractivity contribution in [3.63, 3.8) is 0 Å². The molecule has 0 saturated heterocycles. The molecule has 2 nitrogen and oxygen atoms in total. The summed E-state index contributed by atoms with van der Waals surface area (Å²) < 4.78 is 32.8. The van der Waals surface area contributed by atoms with E-state index in [0.29, 0.717) is 16.8 Å². The van der Waals surface area contributed by atoms with E-state index in [4.69, 9.17) is 4.74 Å². The van der Waals surface area contributed by atoms with Crippen molar-refractivity contribution in [2.75, 3.05) is 26.1 Å². The van der Waals surface area contributed by atoms with E-state index in [-0.39, 0.29) is 0 Å². The Balaban J connectivity index is 2.65. The minimum Gasteiger partial charge on any atom is -0.496 e. The number of hydrogen-bond acceptors (Lipinski definition) is 2. The van der Waals surface area contributed by atoms with E-state index in [1.807, 2.05) is 13.0 Å². The lowest BCUT2D eigenvalue weighted by Crippen LogP contribution is -2.11. The van der Waals surface area contributed by atoms with Crippen LogP contribution in [0.5, 0.6) is 5.75 Å². The molecule has 0 aliphatic heterocycles. The van der Waals surface area contributed by atoms with Crippen molar-refractivity contribution >= 4 is 5.69 Å². The lowest BCUT2D eigenvalue weighted by Gasteiger charge is -2.19. The monoisotopic (exact) mass is 277 g/mol. The third kappa shape index (κ3) is 2.59. The maximum Gasteiger partial charge on any atom is 0.136 e. The fourth-order valence-electron chi connectivity index (χ4n) is 2.23. The average Bonchev–Trinajstić information content (AvgIpc) is 2.37. The highest BCUT2D eigenvalue weighted by atomic mass is 19.1. The highest BCUT2D eigenvalue weighted by Crippen LogP contribution is 2.35. The second-order valence-electron chi connectivity index (χ2n) is 4.86. The number of anilines is 1. The zero-order valence-corrected chi connectivity index (χ0v) is 12.0. The second-order valence-corrected chi connectivity index (χ2v) is 4.86. The Morgan fingerprint density at radius 1 is 1.05 bits per heavy atom. The zero-order valence-electron chi connectivity index (χ0n) is 12.0. The molecule has 0 aliphatic carbocycles. The van der Waals surface area contributed by atoms with Crippen LogP contribution in [0.3, 0.4) is 0 Å². The van der Waals surface area contributed by atoms with Gasteiger partial charge in [-0.1, -0.05) is 6.07 Å². The number of ether oxygens (including phenoxy) is 1. The summed E-state index contributed by atoms with van der Waals surface area (Å²) in [5, 5.41) is 0. The van der Waals surface area contributed by atoms with Crippen molar-refractivity contribution in [1.82, 2.24) is 0 Å². The molecule has 2 aromatic rings. The van der Waals surface area contributed by atoms with Crippen LogP contribution >= 0.6 is 0 Å². The molecule has 0 aliphatic rings. The maximum atomic E-state index is 14.2. The highest BCUT2D eigenvalue weighted by Gasteiger charge is 2.15. The first-order chi connectivity index (χ1) is 9.43. The zero-order chi connectivity index (χ0) is 14.9. The molecule has 0 unspecified atom stereocenters. The normalized spacial score (nSPS) is 10.5. The Labute approximate surface area is 117 Å². The second kappa shape index (κ2) is 5.49. The topological polar surface area (TPSA) is 12.5 Å². The molecule has 0 bridgehead atoms. The van der Waals surface area contributed by atoms with Crippen LogP contribution < -0.4 is 9.64 Å². The molecule has 106 valence electrons. The van der Waals surface area contributed by atoms with Crippen molar-refractivity contribution in [3.05, 3.63) is 47.5 Å². The van der Waals surface area contributed by atoms with E-state index in [0.717, 1.165) is 17.4 Å². The molecular weight excluding hydrogens is 260 g/mol. The Morgan fingerprint density at radius 3 is 2.30 bits per heavy atom. The summed E-state index contributed by atoms with van der Waals surface area (Å²) in [6, 6.07) is 7.63. The van der Waals surface area contributed by atoms with Crippen LogP contribution in [0.2, 0.25) is 0 Å². The number of halogens is 2. The Hall–Kier alpha value is -2.10. The van der Waals surface area contributed by atoms with Crippen molar-refractivity contribution < 1.29 is 13.5 Å². The van der Waals surface area contributed by atoms with Crippen LogP contribution in [0, 0.1) is 18.6 Å². The molecular formula is C16H17F2NO. The molecule has 20 heavy (non-hydrogen) atoms. The van der Waals surface area contributed by atoms with Crippen LogP contribution in [0.25, 0.3) is 11.1 Å². The Kier molecular flexibility index (Phi) is 3.93. The van der Waals surface area contributed by atoms with Gasteiger partial charge < -0.3 is 9.64 Å². The van der Waals surface area contributed by atoms with Gasteiger partial charge in [0.2, 0.25) is 0 Å². The standard InChI is InChI=1S/C16H17F2NO/c1-10-7-11(5-6-15(10)20-4)16-13(18)8-12(17)9-14(16)19(2)3/h5-9H,1-4H3. The van der Waals surface area contributed by atoms with Crippen molar-refractivity contribution in [2.45, 2.75) is 6.92 Å². The molecule has 0 amide bonds. The first-order valence-electron chi connectivity index (χ1n) is 6.25. The number of rotatable bonds is 3. The van der Waals surface area contributed by atoms with Gasteiger partial charge >= 0.3 is 0 Å². The first-order valence-corrected chi connectivity index (χ1v) is 6.25. The fourth-order valence-corrected chi connectivity index (χ4v) is 2.23. The summed E-state index contributed by atoms with van der Waals surface area (Å²) in [4.78, 5) is 1.70.